The van der Waals surface area contributed by atoms with Crippen molar-refractivity contribution >= 4 is 0 Å². The van der Waals surface area contributed by atoms with E-state index in [4.69, 9.17) is 9.84 Å². The van der Waals surface area contributed by atoms with E-state index in [1.54, 1.807) is 13.8 Å². The molecule has 6 heteroatoms. The summed E-state index contributed by atoms with van der Waals surface area (Å²) in [6.45, 7) is 3.38. The molecule has 1 aromatic heterocycles. The van der Waals surface area contributed by atoms with Crippen molar-refractivity contribution in [1.82, 2.24) is 4.98 Å². The van der Waals surface area contributed by atoms with Crippen molar-refractivity contribution in [3.05, 3.63) is 23.0 Å². The van der Waals surface area contributed by atoms with Gasteiger partial charge in [-0.1, -0.05) is 0 Å². The number of alkyl halides is 3. The van der Waals surface area contributed by atoms with E-state index in [1.807, 2.05) is 0 Å². The van der Waals surface area contributed by atoms with E-state index in [9.17, 15) is 13.2 Å². The third-order valence-electron chi connectivity index (χ3n) is 2.51. The van der Waals surface area contributed by atoms with Gasteiger partial charge < -0.3 is 9.84 Å². The number of hydrogen-bond acceptors (Lipinski definition) is 3. The Labute approximate surface area is 97.2 Å². The van der Waals surface area contributed by atoms with Crippen molar-refractivity contribution < 1.29 is 23.0 Å². The van der Waals surface area contributed by atoms with Crippen LogP contribution in [0.2, 0.25) is 0 Å². The van der Waals surface area contributed by atoms with Crippen molar-refractivity contribution in [1.29, 1.82) is 0 Å². The Kier molecular flexibility index (Phi) is 3.98. The molecule has 0 bridgehead atoms. The molecule has 1 heterocycles. The third kappa shape index (κ3) is 3.09. The van der Waals surface area contributed by atoms with Crippen LogP contribution < -0.4 is 4.74 Å². The SMILES string of the molecule is COc1c(C)cnc(CC(O)C(F)(F)F)c1C. The van der Waals surface area contributed by atoms with E-state index in [0.29, 0.717) is 11.3 Å². The van der Waals surface area contributed by atoms with Crippen molar-refractivity contribution in [2.75, 3.05) is 7.11 Å². The highest BCUT2D eigenvalue weighted by atomic mass is 19.4. The maximum atomic E-state index is 12.2. The minimum Gasteiger partial charge on any atom is -0.496 e. The van der Waals surface area contributed by atoms with E-state index in [0.717, 1.165) is 5.56 Å². The Morgan fingerprint density at radius 2 is 2.00 bits per heavy atom. The quantitative estimate of drug-likeness (QED) is 0.892. The number of hydrogen-bond donors (Lipinski definition) is 1. The van der Waals surface area contributed by atoms with Crippen LogP contribution in [0.3, 0.4) is 0 Å². The number of aromatic nitrogens is 1. The fraction of sp³-hybridized carbons (Fsp3) is 0.545. The fourth-order valence-electron chi connectivity index (χ4n) is 1.58. The van der Waals surface area contributed by atoms with Crippen LogP contribution in [0, 0.1) is 13.8 Å². The molecule has 17 heavy (non-hydrogen) atoms. The van der Waals surface area contributed by atoms with Crippen molar-refractivity contribution in [2.45, 2.75) is 32.5 Å². The maximum Gasteiger partial charge on any atom is 0.414 e. The number of aryl methyl sites for hydroxylation is 1. The monoisotopic (exact) mass is 249 g/mol. The Hall–Kier alpha value is -1.30. The second-order valence-electron chi connectivity index (χ2n) is 3.81. The number of aliphatic hydroxyl groups is 1. The molecule has 0 aromatic carbocycles. The van der Waals surface area contributed by atoms with Gasteiger partial charge >= 0.3 is 6.18 Å². The van der Waals surface area contributed by atoms with Crippen LogP contribution in [-0.4, -0.2) is 29.5 Å². The van der Waals surface area contributed by atoms with E-state index in [2.05, 4.69) is 4.98 Å². The van der Waals surface area contributed by atoms with Gasteiger partial charge in [0.15, 0.2) is 6.10 Å². The number of rotatable bonds is 3. The van der Waals surface area contributed by atoms with Gasteiger partial charge in [-0.05, 0) is 13.8 Å². The maximum absolute atomic E-state index is 12.2. The van der Waals surface area contributed by atoms with Crippen LogP contribution in [0.5, 0.6) is 5.75 Å². The Morgan fingerprint density at radius 3 is 2.47 bits per heavy atom. The highest BCUT2D eigenvalue weighted by molar-refractivity contribution is 5.41. The average Bonchev–Trinajstić information content (AvgIpc) is 2.21. The molecule has 1 atom stereocenters. The summed E-state index contributed by atoms with van der Waals surface area (Å²) in [4.78, 5) is 3.90. The van der Waals surface area contributed by atoms with E-state index in [-0.39, 0.29) is 5.69 Å². The molecule has 0 saturated heterocycles. The topological polar surface area (TPSA) is 42.4 Å². The van der Waals surface area contributed by atoms with E-state index >= 15 is 0 Å². The van der Waals surface area contributed by atoms with Gasteiger partial charge in [-0.15, -0.1) is 0 Å². The van der Waals surface area contributed by atoms with Gasteiger partial charge in [-0.2, -0.15) is 13.2 Å². The summed E-state index contributed by atoms with van der Waals surface area (Å²) < 4.78 is 41.7. The van der Waals surface area contributed by atoms with Gasteiger partial charge in [0, 0.05) is 29.4 Å². The standard InChI is InChI=1S/C11H14F3NO2/c1-6-5-15-8(7(2)10(6)17-3)4-9(16)11(12,13)14/h5,9,16H,4H2,1-3H3. The van der Waals surface area contributed by atoms with E-state index < -0.39 is 18.7 Å². The Morgan fingerprint density at radius 1 is 1.41 bits per heavy atom. The molecular formula is C11H14F3NO2. The summed E-state index contributed by atoms with van der Waals surface area (Å²) >= 11 is 0. The normalized spacial score (nSPS) is 13.6. The molecule has 1 aromatic rings. The summed E-state index contributed by atoms with van der Waals surface area (Å²) in [6.07, 6.45) is -6.16. The minimum atomic E-state index is -4.63. The first-order valence-corrected chi connectivity index (χ1v) is 5.01. The number of ether oxygens (including phenoxy) is 1. The number of methoxy groups -OCH3 is 1. The van der Waals surface area contributed by atoms with Gasteiger partial charge in [-0.3, -0.25) is 4.98 Å². The lowest BCUT2D eigenvalue weighted by Crippen LogP contribution is -2.31. The lowest BCUT2D eigenvalue weighted by molar-refractivity contribution is -0.203. The summed E-state index contributed by atoms with van der Waals surface area (Å²) in [5, 5.41) is 8.99. The molecule has 0 amide bonds. The molecule has 96 valence electrons. The number of nitrogens with zero attached hydrogens (tertiary/aromatic N) is 1. The first-order valence-electron chi connectivity index (χ1n) is 5.01. The van der Waals surface area contributed by atoms with Crippen LogP contribution in [0.4, 0.5) is 13.2 Å². The zero-order chi connectivity index (χ0) is 13.2. The molecule has 0 aliphatic heterocycles. The van der Waals surface area contributed by atoms with Gasteiger partial charge in [0.05, 0.1) is 7.11 Å². The minimum absolute atomic E-state index is 0.192. The molecule has 0 saturated carbocycles. The van der Waals surface area contributed by atoms with Gasteiger partial charge in [-0.25, -0.2) is 0 Å². The molecule has 1 rings (SSSR count). The van der Waals surface area contributed by atoms with Crippen molar-refractivity contribution in [3.63, 3.8) is 0 Å². The zero-order valence-corrected chi connectivity index (χ0v) is 9.80. The molecule has 0 spiro atoms. The second-order valence-corrected chi connectivity index (χ2v) is 3.81. The fourth-order valence-corrected chi connectivity index (χ4v) is 1.58. The molecular weight excluding hydrogens is 235 g/mol. The van der Waals surface area contributed by atoms with Gasteiger partial charge in [0.25, 0.3) is 0 Å². The molecule has 0 radical (unpaired) electrons. The van der Waals surface area contributed by atoms with Crippen molar-refractivity contribution in [3.8, 4) is 5.75 Å². The number of aliphatic hydroxyl groups excluding tert-OH is 1. The molecule has 3 nitrogen and oxygen atoms in total. The number of halogens is 3. The van der Waals surface area contributed by atoms with Crippen LogP contribution in [-0.2, 0) is 6.42 Å². The largest absolute Gasteiger partial charge is 0.496 e. The highest BCUT2D eigenvalue weighted by Gasteiger charge is 2.38. The van der Waals surface area contributed by atoms with Crippen LogP contribution in [0.1, 0.15) is 16.8 Å². The lowest BCUT2D eigenvalue weighted by Gasteiger charge is -2.17. The van der Waals surface area contributed by atoms with Crippen LogP contribution in [0.15, 0.2) is 6.20 Å². The summed E-state index contributed by atoms with van der Waals surface area (Å²) in [5.41, 5.74) is 1.46. The highest BCUT2D eigenvalue weighted by Crippen LogP contribution is 2.28. The van der Waals surface area contributed by atoms with Gasteiger partial charge in [0.2, 0.25) is 0 Å². The molecule has 1 unspecified atom stereocenters. The predicted molar refractivity (Wildman–Crippen MR) is 56.0 cm³/mol. The number of pyridine rings is 1. The summed E-state index contributed by atoms with van der Waals surface area (Å²) in [7, 11) is 1.44. The molecule has 0 fully saturated rings. The first kappa shape index (κ1) is 13.8. The van der Waals surface area contributed by atoms with Gasteiger partial charge in [0.1, 0.15) is 5.75 Å². The third-order valence-corrected chi connectivity index (χ3v) is 2.51. The second kappa shape index (κ2) is 4.91. The molecule has 0 aliphatic rings. The smallest absolute Gasteiger partial charge is 0.414 e. The first-order chi connectivity index (χ1) is 7.77. The summed E-state index contributed by atoms with van der Waals surface area (Å²) in [6, 6.07) is 0. The Balaban J connectivity index is 3.01. The zero-order valence-electron chi connectivity index (χ0n) is 9.80. The molecule has 0 aliphatic carbocycles. The lowest BCUT2D eigenvalue weighted by atomic mass is 10.1. The Bertz CT molecular complexity index is 404. The van der Waals surface area contributed by atoms with E-state index in [1.165, 1.54) is 13.3 Å². The van der Waals surface area contributed by atoms with Crippen molar-refractivity contribution in [2.24, 2.45) is 0 Å². The molecule has 1 N–H and O–H groups in total. The predicted octanol–water partition coefficient (Wildman–Crippen LogP) is 2.17. The summed E-state index contributed by atoms with van der Waals surface area (Å²) in [5.74, 6) is 0.504. The van der Waals surface area contributed by atoms with Crippen LogP contribution in [0.25, 0.3) is 0 Å². The average molecular weight is 249 g/mol. The van der Waals surface area contributed by atoms with Crippen LogP contribution >= 0.6 is 0 Å².